The maximum Gasteiger partial charge on any atom is 0.106 e. The summed E-state index contributed by atoms with van der Waals surface area (Å²) in [5.41, 5.74) is 9.13. The highest BCUT2D eigenvalue weighted by Crippen LogP contribution is 2.26. The number of imidazole rings is 1. The van der Waals surface area contributed by atoms with Crippen LogP contribution in [0.15, 0.2) is 29.2 Å². The Hall–Kier alpha value is -1.26. The summed E-state index contributed by atoms with van der Waals surface area (Å²) in [4.78, 5) is 5.93. The van der Waals surface area contributed by atoms with Crippen LogP contribution in [0.2, 0.25) is 0 Å². The molecule has 0 saturated heterocycles. The van der Waals surface area contributed by atoms with Gasteiger partial charge in [0.25, 0.3) is 0 Å². The summed E-state index contributed by atoms with van der Waals surface area (Å²) >= 11 is 1.75. The lowest BCUT2D eigenvalue weighted by Crippen LogP contribution is -2.08. The summed E-state index contributed by atoms with van der Waals surface area (Å²) in [7, 11) is 2.05. The number of aryl methyl sites for hydroxylation is 1. The summed E-state index contributed by atoms with van der Waals surface area (Å²) < 4.78 is 2.13. The number of benzene rings is 1. The smallest absolute Gasteiger partial charge is 0.106 e. The Morgan fingerprint density at radius 2 is 1.94 bits per heavy atom. The normalized spacial score (nSPS) is 10.9. The molecule has 0 atom stereocenters. The number of aromatic nitrogens is 2. The van der Waals surface area contributed by atoms with Crippen molar-refractivity contribution in [3.63, 3.8) is 0 Å². The van der Waals surface area contributed by atoms with Crippen molar-refractivity contribution < 1.29 is 0 Å². The minimum Gasteiger partial charge on any atom is -0.335 e. The van der Waals surface area contributed by atoms with Crippen LogP contribution < -0.4 is 5.73 Å². The number of hydrogen-bond donors (Lipinski definition) is 1. The molecule has 0 unspecified atom stereocenters. The second-order valence-electron chi connectivity index (χ2n) is 4.28. The Bertz CT molecular complexity index is 529. The van der Waals surface area contributed by atoms with Gasteiger partial charge < -0.3 is 10.3 Å². The number of hydrogen-bond acceptors (Lipinski definition) is 3. The molecular weight excluding hydrogens is 242 g/mol. The van der Waals surface area contributed by atoms with E-state index in [0.29, 0.717) is 6.54 Å². The molecule has 0 saturated carbocycles. The largest absolute Gasteiger partial charge is 0.335 e. The number of nitrogens with two attached hydrogens (primary N) is 1. The van der Waals surface area contributed by atoms with E-state index in [1.165, 1.54) is 16.2 Å². The predicted molar refractivity (Wildman–Crippen MR) is 77.9 cm³/mol. The zero-order chi connectivity index (χ0) is 13.1. The Balaban J connectivity index is 2.45. The minimum absolute atomic E-state index is 0.648. The van der Waals surface area contributed by atoms with Gasteiger partial charge in [-0.25, -0.2) is 4.98 Å². The maximum absolute atomic E-state index is 5.69. The Kier molecular flexibility index (Phi) is 4.09. The van der Waals surface area contributed by atoms with E-state index in [2.05, 4.69) is 40.1 Å². The fraction of sp³-hybridized carbons (Fsp3) is 0.357. The third kappa shape index (κ3) is 2.44. The van der Waals surface area contributed by atoms with Crippen molar-refractivity contribution in [1.82, 2.24) is 9.55 Å². The first-order chi connectivity index (χ1) is 8.67. The predicted octanol–water partition coefficient (Wildman–Crippen LogP) is 2.62. The van der Waals surface area contributed by atoms with Crippen LogP contribution in [0.1, 0.15) is 11.5 Å². The molecule has 2 N–H and O–H groups in total. The molecule has 2 rings (SSSR count). The van der Waals surface area contributed by atoms with Crippen molar-refractivity contribution in [1.29, 1.82) is 0 Å². The summed E-state index contributed by atoms with van der Waals surface area (Å²) in [6, 6.07) is 8.54. The maximum atomic E-state index is 5.69. The second-order valence-corrected chi connectivity index (χ2v) is 5.16. The fourth-order valence-electron chi connectivity index (χ4n) is 2.06. The van der Waals surface area contributed by atoms with Crippen molar-refractivity contribution in [3.8, 4) is 11.3 Å². The Labute approximate surface area is 112 Å². The van der Waals surface area contributed by atoms with E-state index < -0.39 is 0 Å². The van der Waals surface area contributed by atoms with Gasteiger partial charge in [-0.1, -0.05) is 12.1 Å². The monoisotopic (exact) mass is 261 g/mol. The summed E-state index contributed by atoms with van der Waals surface area (Å²) in [5, 5.41) is 0. The lowest BCUT2D eigenvalue weighted by atomic mass is 10.1. The molecule has 0 fully saturated rings. The van der Waals surface area contributed by atoms with Gasteiger partial charge in [-0.05, 0) is 31.9 Å². The lowest BCUT2D eigenvalue weighted by Gasteiger charge is -2.05. The van der Waals surface area contributed by atoms with E-state index in [1.807, 2.05) is 14.0 Å². The van der Waals surface area contributed by atoms with Crippen molar-refractivity contribution in [2.75, 3.05) is 12.8 Å². The van der Waals surface area contributed by atoms with Crippen LogP contribution in [0, 0.1) is 6.92 Å². The minimum atomic E-state index is 0.648. The summed E-state index contributed by atoms with van der Waals surface area (Å²) in [6.07, 6.45) is 2.94. The Morgan fingerprint density at radius 1 is 1.28 bits per heavy atom. The third-order valence-electron chi connectivity index (χ3n) is 3.18. The molecule has 2 aromatic rings. The van der Waals surface area contributed by atoms with Gasteiger partial charge in [0.15, 0.2) is 0 Å². The lowest BCUT2D eigenvalue weighted by molar-refractivity contribution is 0.778. The van der Waals surface area contributed by atoms with Gasteiger partial charge in [0.05, 0.1) is 5.69 Å². The molecule has 3 nitrogen and oxygen atoms in total. The van der Waals surface area contributed by atoms with E-state index in [9.17, 15) is 0 Å². The molecule has 18 heavy (non-hydrogen) atoms. The van der Waals surface area contributed by atoms with E-state index in [0.717, 1.165) is 17.9 Å². The molecular formula is C14H19N3S. The van der Waals surface area contributed by atoms with Crippen LogP contribution >= 0.6 is 11.8 Å². The second kappa shape index (κ2) is 5.59. The highest BCUT2D eigenvalue weighted by atomic mass is 32.2. The highest BCUT2D eigenvalue weighted by Gasteiger charge is 2.13. The van der Waals surface area contributed by atoms with E-state index in [1.54, 1.807) is 11.8 Å². The first-order valence-electron chi connectivity index (χ1n) is 6.04. The van der Waals surface area contributed by atoms with E-state index in [-0.39, 0.29) is 0 Å². The molecule has 0 radical (unpaired) electrons. The zero-order valence-electron chi connectivity index (χ0n) is 11.1. The first kappa shape index (κ1) is 13.2. The van der Waals surface area contributed by atoms with Crippen molar-refractivity contribution >= 4 is 11.8 Å². The molecule has 1 heterocycles. The van der Waals surface area contributed by atoms with Gasteiger partial charge in [0.1, 0.15) is 5.82 Å². The van der Waals surface area contributed by atoms with E-state index >= 15 is 0 Å². The first-order valence-corrected chi connectivity index (χ1v) is 7.26. The topological polar surface area (TPSA) is 43.8 Å². The van der Waals surface area contributed by atoms with Crippen LogP contribution in [-0.4, -0.2) is 22.4 Å². The number of rotatable bonds is 4. The van der Waals surface area contributed by atoms with Crippen molar-refractivity contribution in [2.45, 2.75) is 18.2 Å². The van der Waals surface area contributed by atoms with Gasteiger partial charge in [-0.2, -0.15) is 0 Å². The molecule has 0 aliphatic rings. The SMILES string of the molecule is CSc1ccc(-c2nc(C)n(C)c2CCN)cc1. The summed E-state index contributed by atoms with van der Waals surface area (Å²) in [5.74, 6) is 1.03. The number of thioether (sulfide) groups is 1. The van der Waals surface area contributed by atoms with Gasteiger partial charge in [-0.3, -0.25) is 0 Å². The molecule has 1 aromatic carbocycles. The molecule has 0 amide bonds. The molecule has 0 bridgehead atoms. The summed E-state index contributed by atoms with van der Waals surface area (Å²) in [6.45, 7) is 2.68. The van der Waals surface area contributed by atoms with Gasteiger partial charge in [0, 0.05) is 29.6 Å². The van der Waals surface area contributed by atoms with Crippen LogP contribution in [0.5, 0.6) is 0 Å². The fourth-order valence-corrected chi connectivity index (χ4v) is 2.47. The quantitative estimate of drug-likeness (QED) is 0.860. The molecule has 0 aliphatic carbocycles. The molecule has 0 aliphatic heterocycles. The average Bonchev–Trinajstić information content (AvgIpc) is 2.68. The van der Waals surface area contributed by atoms with E-state index in [4.69, 9.17) is 5.73 Å². The molecule has 96 valence electrons. The van der Waals surface area contributed by atoms with Crippen LogP contribution in [-0.2, 0) is 13.5 Å². The standard InChI is InChI=1S/C14H19N3S/c1-10-16-14(13(8-9-15)17(10)2)11-4-6-12(18-3)7-5-11/h4-7H,8-9,15H2,1-3H3. The van der Waals surface area contributed by atoms with Gasteiger partial charge >= 0.3 is 0 Å². The molecule has 0 spiro atoms. The van der Waals surface area contributed by atoms with Crippen LogP contribution in [0.4, 0.5) is 0 Å². The van der Waals surface area contributed by atoms with Gasteiger partial charge in [-0.15, -0.1) is 11.8 Å². The van der Waals surface area contributed by atoms with Crippen molar-refractivity contribution in [3.05, 3.63) is 35.8 Å². The zero-order valence-corrected chi connectivity index (χ0v) is 11.9. The van der Waals surface area contributed by atoms with Crippen molar-refractivity contribution in [2.24, 2.45) is 12.8 Å². The number of nitrogens with zero attached hydrogens (tertiary/aromatic N) is 2. The third-order valence-corrected chi connectivity index (χ3v) is 3.93. The molecule has 4 heteroatoms. The average molecular weight is 261 g/mol. The van der Waals surface area contributed by atoms with Crippen LogP contribution in [0.3, 0.4) is 0 Å². The van der Waals surface area contributed by atoms with Gasteiger partial charge in [0.2, 0.25) is 0 Å². The highest BCUT2D eigenvalue weighted by molar-refractivity contribution is 7.98. The molecule has 1 aromatic heterocycles. The van der Waals surface area contributed by atoms with Crippen LogP contribution in [0.25, 0.3) is 11.3 Å². The Morgan fingerprint density at radius 3 is 2.50 bits per heavy atom.